The molecule has 1 heterocycles. The Morgan fingerprint density at radius 1 is 1.43 bits per heavy atom. The fourth-order valence-corrected chi connectivity index (χ4v) is 2.01. The minimum absolute atomic E-state index is 0.0162. The standard InChI is InChI=1S/C8H13N3O2S/c1-6-7(9)4-5-10-8(6)14(12,13)11(2)3/h4-5H,1-3H3,(H2,9,10). The average Bonchev–Trinajstić information content (AvgIpc) is 2.09. The van der Waals surface area contributed by atoms with E-state index in [1.165, 1.54) is 20.3 Å². The van der Waals surface area contributed by atoms with E-state index in [0.29, 0.717) is 11.3 Å². The average molecular weight is 215 g/mol. The molecule has 6 heteroatoms. The van der Waals surface area contributed by atoms with Crippen LogP contribution in [0.5, 0.6) is 0 Å². The van der Waals surface area contributed by atoms with E-state index in [9.17, 15) is 8.42 Å². The van der Waals surface area contributed by atoms with Gasteiger partial charge in [-0.15, -0.1) is 0 Å². The number of hydrogen-bond donors (Lipinski definition) is 1. The van der Waals surface area contributed by atoms with Crippen LogP contribution in [0.1, 0.15) is 5.56 Å². The maximum Gasteiger partial charge on any atom is 0.260 e. The van der Waals surface area contributed by atoms with Gasteiger partial charge in [0.05, 0.1) is 0 Å². The Kier molecular flexibility index (Phi) is 2.77. The number of anilines is 1. The van der Waals surface area contributed by atoms with E-state index >= 15 is 0 Å². The van der Waals surface area contributed by atoms with Crippen LogP contribution in [0, 0.1) is 6.92 Å². The lowest BCUT2D eigenvalue weighted by molar-refractivity contribution is 0.516. The highest BCUT2D eigenvalue weighted by Gasteiger charge is 2.21. The van der Waals surface area contributed by atoms with Crippen LogP contribution in [0.15, 0.2) is 17.3 Å². The molecule has 0 radical (unpaired) electrons. The molecule has 0 aliphatic rings. The van der Waals surface area contributed by atoms with Crippen molar-refractivity contribution in [1.82, 2.24) is 9.29 Å². The smallest absolute Gasteiger partial charge is 0.260 e. The molecule has 5 nitrogen and oxygen atoms in total. The summed E-state index contributed by atoms with van der Waals surface area (Å²) in [4.78, 5) is 3.82. The number of nitrogens with zero attached hydrogens (tertiary/aromatic N) is 2. The molecule has 0 amide bonds. The molecule has 0 saturated carbocycles. The molecule has 0 bridgehead atoms. The predicted octanol–water partition coefficient (Wildman–Crippen LogP) is 0.223. The molecular weight excluding hydrogens is 202 g/mol. The number of rotatable bonds is 2. The third kappa shape index (κ3) is 1.71. The Morgan fingerprint density at radius 3 is 2.50 bits per heavy atom. The molecule has 0 spiro atoms. The summed E-state index contributed by atoms with van der Waals surface area (Å²) in [7, 11) is -0.572. The van der Waals surface area contributed by atoms with Crippen molar-refractivity contribution in [2.24, 2.45) is 0 Å². The first-order valence-electron chi connectivity index (χ1n) is 4.01. The SMILES string of the molecule is Cc1c(N)ccnc1S(=O)(=O)N(C)C. The summed E-state index contributed by atoms with van der Waals surface area (Å²) < 4.78 is 24.5. The molecule has 1 aromatic heterocycles. The van der Waals surface area contributed by atoms with Crippen LogP contribution >= 0.6 is 0 Å². The lowest BCUT2D eigenvalue weighted by Gasteiger charge is -2.13. The molecule has 1 rings (SSSR count). The first-order valence-corrected chi connectivity index (χ1v) is 5.45. The Morgan fingerprint density at radius 2 is 2.00 bits per heavy atom. The van der Waals surface area contributed by atoms with Gasteiger partial charge in [0.1, 0.15) is 0 Å². The van der Waals surface area contributed by atoms with Crippen molar-refractivity contribution in [2.45, 2.75) is 11.9 Å². The highest BCUT2D eigenvalue weighted by atomic mass is 32.2. The topological polar surface area (TPSA) is 76.3 Å². The molecule has 0 aliphatic heterocycles. The fraction of sp³-hybridized carbons (Fsp3) is 0.375. The van der Waals surface area contributed by atoms with Crippen LogP contribution in [0.4, 0.5) is 5.69 Å². The van der Waals surface area contributed by atoms with Gasteiger partial charge in [0.25, 0.3) is 10.0 Å². The van der Waals surface area contributed by atoms with Crippen molar-refractivity contribution in [3.63, 3.8) is 0 Å². The normalized spacial score (nSPS) is 12.0. The fourth-order valence-electron chi connectivity index (χ4n) is 0.964. The van der Waals surface area contributed by atoms with Gasteiger partial charge in [-0.3, -0.25) is 0 Å². The molecule has 0 fully saturated rings. The van der Waals surface area contributed by atoms with E-state index in [1.807, 2.05) is 0 Å². The summed E-state index contributed by atoms with van der Waals surface area (Å²) in [6.45, 7) is 1.64. The van der Waals surface area contributed by atoms with E-state index in [4.69, 9.17) is 5.73 Å². The highest BCUT2D eigenvalue weighted by Crippen LogP contribution is 2.19. The lowest BCUT2D eigenvalue weighted by atomic mass is 10.3. The van der Waals surface area contributed by atoms with Gasteiger partial charge in [0.2, 0.25) is 0 Å². The van der Waals surface area contributed by atoms with Gasteiger partial charge in [-0.05, 0) is 13.0 Å². The van der Waals surface area contributed by atoms with Crippen molar-refractivity contribution in [2.75, 3.05) is 19.8 Å². The predicted molar refractivity (Wildman–Crippen MR) is 54.3 cm³/mol. The Balaban J connectivity index is 3.42. The molecule has 2 N–H and O–H groups in total. The van der Waals surface area contributed by atoms with Crippen LogP contribution in [0.2, 0.25) is 0 Å². The highest BCUT2D eigenvalue weighted by molar-refractivity contribution is 7.89. The molecule has 1 aromatic rings. The largest absolute Gasteiger partial charge is 0.398 e. The number of aromatic nitrogens is 1. The molecule has 0 atom stereocenters. The Bertz CT molecular complexity index is 440. The quantitative estimate of drug-likeness (QED) is 0.765. The van der Waals surface area contributed by atoms with Gasteiger partial charge < -0.3 is 5.73 Å². The monoisotopic (exact) mass is 215 g/mol. The number of sulfonamides is 1. The van der Waals surface area contributed by atoms with Gasteiger partial charge in [-0.25, -0.2) is 17.7 Å². The van der Waals surface area contributed by atoms with Crippen LogP contribution in [0.25, 0.3) is 0 Å². The third-order valence-corrected chi connectivity index (χ3v) is 3.79. The van der Waals surface area contributed by atoms with Crippen molar-refractivity contribution in [3.05, 3.63) is 17.8 Å². The van der Waals surface area contributed by atoms with Crippen LogP contribution in [0.3, 0.4) is 0 Å². The Labute approximate surface area is 83.6 Å². The zero-order chi connectivity index (χ0) is 10.9. The molecule has 14 heavy (non-hydrogen) atoms. The molecule has 0 aliphatic carbocycles. The minimum Gasteiger partial charge on any atom is -0.398 e. The summed E-state index contributed by atoms with van der Waals surface area (Å²) in [6.07, 6.45) is 1.39. The molecule has 0 saturated heterocycles. The second-order valence-electron chi connectivity index (χ2n) is 3.12. The molecule has 78 valence electrons. The minimum atomic E-state index is -3.49. The maximum atomic E-state index is 11.7. The molecule has 0 unspecified atom stereocenters. The van der Waals surface area contributed by atoms with Crippen LogP contribution in [-0.2, 0) is 10.0 Å². The van der Waals surface area contributed by atoms with Crippen molar-refractivity contribution in [3.8, 4) is 0 Å². The van der Waals surface area contributed by atoms with Crippen LogP contribution in [-0.4, -0.2) is 31.8 Å². The number of hydrogen-bond acceptors (Lipinski definition) is 4. The lowest BCUT2D eigenvalue weighted by Crippen LogP contribution is -2.24. The summed E-state index contributed by atoms with van der Waals surface area (Å²) in [5.41, 5.74) is 6.51. The summed E-state index contributed by atoms with van der Waals surface area (Å²) >= 11 is 0. The van der Waals surface area contributed by atoms with Crippen molar-refractivity contribution < 1.29 is 8.42 Å². The second-order valence-corrected chi connectivity index (χ2v) is 5.18. The van der Waals surface area contributed by atoms with Gasteiger partial charge in [0, 0.05) is 31.5 Å². The summed E-state index contributed by atoms with van der Waals surface area (Å²) in [6, 6.07) is 1.57. The second kappa shape index (κ2) is 3.55. The molecular formula is C8H13N3O2S. The van der Waals surface area contributed by atoms with Gasteiger partial charge in [0.15, 0.2) is 5.03 Å². The third-order valence-electron chi connectivity index (χ3n) is 1.92. The van der Waals surface area contributed by atoms with E-state index in [0.717, 1.165) is 4.31 Å². The Hall–Kier alpha value is -1.14. The number of pyridine rings is 1. The van der Waals surface area contributed by atoms with Crippen molar-refractivity contribution in [1.29, 1.82) is 0 Å². The maximum absolute atomic E-state index is 11.7. The van der Waals surface area contributed by atoms with E-state index < -0.39 is 10.0 Å². The zero-order valence-corrected chi connectivity index (χ0v) is 9.17. The van der Waals surface area contributed by atoms with E-state index in [1.54, 1.807) is 13.0 Å². The van der Waals surface area contributed by atoms with Crippen molar-refractivity contribution >= 4 is 15.7 Å². The number of nitrogen functional groups attached to an aromatic ring is 1. The molecule has 0 aromatic carbocycles. The summed E-state index contributed by atoms with van der Waals surface area (Å²) in [5, 5.41) is 0.0162. The van der Waals surface area contributed by atoms with Gasteiger partial charge in [-0.1, -0.05) is 0 Å². The van der Waals surface area contributed by atoms with Gasteiger partial charge >= 0.3 is 0 Å². The summed E-state index contributed by atoms with van der Waals surface area (Å²) in [5.74, 6) is 0. The van der Waals surface area contributed by atoms with Crippen LogP contribution < -0.4 is 5.73 Å². The first kappa shape index (κ1) is 10.9. The number of nitrogens with two attached hydrogens (primary N) is 1. The van der Waals surface area contributed by atoms with E-state index in [-0.39, 0.29) is 5.03 Å². The first-order chi connectivity index (χ1) is 6.37. The van der Waals surface area contributed by atoms with E-state index in [2.05, 4.69) is 4.98 Å². The zero-order valence-electron chi connectivity index (χ0n) is 8.35. The van der Waals surface area contributed by atoms with Gasteiger partial charge in [-0.2, -0.15) is 0 Å².